The fourth-order valence-corrected chi connectivity index (χ4v) is 4.85. The van der Waals surface area contributed by atoms with Crippen molar-refractivity contribution in [2.24, 2.45) is 4.99 Å². The molecule has 6 nitrogen and oxygen atoms in total. The highest BCUT2D eigenvalue weighted by Crippen LogP contribution is 2.33. The van der Waals surface area contributed by atoms with E-state index in [1.807, 2.05) is 86.6 Å². The minimum atomic E-state index is 0.0574. The van der Waals surface area contributed by atoms with Crippen LogP contribution in [-0.2, 0) is 0 Å². The summed E-state index contributed by atoms with van der Waals surface area (Å²) < 4.78 is 22.8. The molecule has 3 aromatic carbocycles. The van der Waals surface area contributed by atoms with Crippen LogP contribution in [0.5, 0.6) is 17.2 Å². The van der Waals surface area contributed by atoms with Gasteiger partial charge in [-0.05, 0) is 87.5 Å². The molecule has 0 aliphatic heterocycles. The molecule has 0 aliphatic carbocycles. The first-order valence-electron chi connectivity index (χ1n) is 12.0. The van der Waals surface area contributed by atoms with Crippen LogP contribution in [0, 0.1) is 6.92 Å². The summed E-state index contributed by atoms with van der Waals surface area (Å²) in [5.41, 5.74) is 3.58. The first-order valence-corrected chi connectivity index (χ1v) is 12.8. The van der Waals surface area contributed by atoms with Gasteiger partial charge in [0.2, 0.25) is 5.13 Å². The molecular weight excluding hydrogens is 484 g/mol. The zero-order valence-corrected chi connectivity index (χ0v) is 22.3. The van der Waals surface area contributed by atoms with Crippen molar-refractivity contribution in [3.63, 3.8) is 0 Å². The normalized spacial score (nSPS) is 11.8. The van der Waals surface area contributed by atoms with E-state index in [1.165, 1.54) is 0 Å². The smallest absolute Gasteiger partial charge is 0.210 e. The first-order chi connectivity index (χ1) is 17.9. The summed E-state index contributed by atoms with van der Waals surface area (Å²) in [5, 5.41) is 2.29. The Bertz CT molecular complexity index is 1600. The average molecular weight is 513 g/mol. The van der Waals surface area contributed by atoms with E-state index in [0.717, 1.165) is 49.7 Å². The maximum absolute atomic E-state index is 6.29. The van der Waals surface area contributed by atoms with E-state index in [1.54, 1.807) is 25.6 Å². The fourth-order valence-electron chi connectivity index (χ4n) is 4.03. The van der Waals surface area contributed by atoms with Gasteiger partial charge in [0.25, 0.3) is 0 Å². The molecule has 0 fully saturated rings. The summed E-state index contributed by atoms with van der Waals surface area (Å²) in [5.74, 6) is 3.07. The fraction of sp³-hybridized carbons (Fsp3) is 0.200. The Balaban J connectivity index is 1.65. The van der Waals surface area contributed by atoms with Crippen LogP contribution in [-0.4, -0.2) is 25.3 Å². The number of aromatic nitrogens is 1. The summed E-state index contributed by atoms with van der Waals surface area (Å²) in [4.78, 5) is 10.9. The van der Waals surface area contributed by atoms with E-state index in [9.17, 15) is 0 Å². The van der Waals surface area contributed by atoms with Crippen molar-refractivity contribution >= 4 is 27.4 Å². The quantitative estimate of drug-likeness (QED) is 0.225. The van der Waals surface area contributed by atoms with Gasteiger partial charge in [0, 0.05) is 27.5 Å². The molecule has 0 N–H and O–H groups in total. The average Bonchev–Trinajstić information content (AvgIpc) is 3.28. The van der Waals surface area contributed by atoms with Gasteiger partial charge >= 0.3 is 0 Å². The molecule has 5 aromatic rings. The number of thiazole rings is 1. The lowest BCUT2D eigenvalue weighted by atomic mass is 10.1. The summed E-state index contributed by atoms with van der Waals surface area (Å²) >= 11 is 1.56. The lowest BCUT2D eigenvalue weighted by Crippen LogP contribution is -2.07. The number of hydrogen-bond acceptors (Lipinski definition) is 7. The van der Waals surface area contributed by atoms with Gasteiger partial charge in [0.05, 0.1) is 31.4 Å². The number of nitrogens with zero attached hydrogens (tertiary/aromatic N) is 2. The molecule has 7 heteroatoms. The van der Waals surface area contributed by atoms with E-state index in [4.69, 9.17) is 28.6 Å². The third kappa shape index (κ3) is 5.37. The Morgan fingerprint density at radius 2 is 1.43 bits per heavy atom. The Kier molecular flexibility index (Phi) is 6.97. The van der Waals surface area contributed by atoms with Crippen LogP contribution in [0.3, 0.4) is 0 Å². The molecule has 37 heavy (non-hydrogen) atoms. The van der Waals surface area contributed by atoms with E-state index in [-0.39, 0.29) is 6.10 Å². The Morgan fingerprint density at radius 1 is 0.811 bits per heavy atom. The minimum absolute atomic E-state index is 0.0574. The van der Waals surface area contributed by atoms with Crippen LogP contribution < -0.4 is 19.6 Å². The summed E-state index contributed by atoms with van der Waals surface area (Å²) in [7, 11) is 3.31. The van der Waals surface area contributed by atoms with Crippen molar-refractivity contribution in [3.8, 4) is 39.8 Å². The maximum atomic E-state index is 6.29. The Morgan fingerprint density at radius 3 is 2.05 bits per heavy atom. The SMILES string of the molecule is COc1ccc(-c2cc(=Nc3nc(-c4ccc(OC)cc4)c(C)s3)c3cc(OC(C)C)ccc3o2)cc1. The van der Waals surface area contributed by atoms with Gasteiger partial charge in [-0.25, -0.2) is 9.98 Å². The number of fused-ring (bicyclic) bond motifs is 1. The molecule has 0 radical (unpaired) electrons. The van der Waals surface area contributed by atoms with Crippen LogP contribution in [0.1, 0.15) is 18.7 Å². The van der Waals surface area contributed by atoms with Crippen LogP contribution in [0.25, 0.3) is 33.6 Å². The van der Waals surface area contributed by atoms with E-state index in [0.29, 0.717) is 16.5 Å². The van der Waals surface area contributed by atoms with Crippen LogP contribution in [0.2, 0.25) is 0 Å². The van der Waals surface area contributed by atoms with Gasteiger partial charge in [0.15, 0.2) is 0 Å². The lowest BCUT2D eigenvalue weighted by molar-refractivity contribution is 0.242. The highest BCUT2D eigenvalue weighted by Gasteiger charge is 2.12. The molecule has 0 saturated heterocycles. The van der Waals surface area contributed by atoms with Gasteiger partial charge in [-0.15, -0.1) is 0 Å². The highest BCUT2D eigenvalue weighted by atomic mass is 32.1. The number of methoxy groups -OCH3 is 2. The molecule has 2 heterocycles. The number of benzene rings is 3. The van der Waals surface area contributed by atoms with Crippen molar-refractivity contribution in [2.75, 3.05) is 14.2 Å². The summed E-state index contributed by atoms with van der Waals surface area (Å²) in [6, 6.07) is 23.4. The third-order valence-electron chi connectivity index (χ3n) is 5.83. The molecule has 2 aromatic heterocycles. The van der Waals surface area contributed by atoms with Crippen molar-refractivity contribution < 1.29 is 18.6 Å². The standard InChI is InChI=1S/C30H28N2O4S/c1-18(2)35-24-14-15-27-25(16-24)26(17-28(36-27)20-6-10-22(33-4)11-7-20)31-30-32-29(19(3)37-30)21-8-12-23(34-5)13-9-21/h6-18H,1-5H3. The molecule has 0 spiro atoms. The molecule has 0 bridgehead atoms. The summed E-state index contributed by atoms with van der Waals surface area (Å²) in [6.45, 7) is 6.07. The van der Waals surface area contributed by atoms with E-state index < -0.39 is 0 Å². The van der Waals surface area contributed by atoms with Crippen molar-refractivity contribution in [3.05, 3.63) is 83.0 Å². The zero-order chi connectivity index (χ0) is 25.9. The number of aryl methyl sites for hydroxylation is 1. The predicted molar refractivity (Wildman–Crippen MR) is 148 cm³/mol. The van der Waals surface area contributed by atoms with E-state index in [2.05, 4.69) is 6.92 Å². The first kappa shape index (κ1) is 24.6. The molecule has 0 unspecified atom stereocenters. The molecule has 0 atom stereocenters. The topological polar surface area (TPSA) is 66.1 Å². The predicted octanol–water partition coefficient (Wildman–Crippen LogP) is 7.57. The molecule has 5 rings (SSSR count). The van der Waals surface area contributed by atoms with Crippen LogP contribution in [0.4, 0.5) is 5.13 Å². The number of rotatable bonds is 7. The Hall–Kier alpha value is -4.10. The van der Waals surface area contributed by atoms with Gasteiger partial charge in [-0.1, -0.05) is 11.3 Å². The van der Waals surface area contributed by atoms with Gasteiger partial charge in [-0.2, -0.15) is 0 Å². The maximum Gasteiger partial charge on any atom is 0.210 e. The highest BCUT2D eigenvalue weighted by molar-refractivity contribution is 7.15. The second-order valence-corrected chi connectivity index (χ2v) is 9.97. The monoisotopic (exact) mass is 512 g/mol. The van der Waals surface area contributed by atoms with Gasteiger partial charge in [0.1, 0.15) is 28.6 Å². The number of ether oxygens (including phenoxy) is 3. The van der Waals surface area contributed by atoms with Gasteiger partial charge < -0.3 is 18.6 Å². The van der Waals surface area contributed by atoms with Gasteiger partial charge in [-0.3, -0.25) is 0 Å². The summed E-state index contributed by atoms with van der Waals surface area (Å²) in [6.07, 6.45) is 0.0574. The molecule has 188 valence electrons. The molecule has 0 amide bonds. The zero-order valence-electron chi connectivity index (χ0n) is 21.4. The Labute approximate surface area is 219 Å². The van der Waals surface area contributed by atoms with Crippen molar-refractivity contribution in [2.45, 2.75) is 26.9 Å². The third-order valence-corrected chi connectivity index (χ3v) is 6.69. The van der Waals surface area contributed by atoms with Crippen LogP contribution >= 0.6 is 11.3 Å². The van der Waals surface area contributed by atoms with Crippen LogP contribution in [0.15, 0.2) is 82.2 Å². The molecular formula is C30H28N2O4S. The van der Waals surface area contributed by atoms with Crippen molar-refractivity contribution in [1.29, 1.82) is 0 Å². The number of hydrogen-bond donors (Lipinski definition) is 0. The van der Waals surface area contributed by atoms with E-state index >= 15 is 0 Å². The molecule has 0 saturated carbocycles. The second kappa shape index (κ2) is 10.5. The largest absolute Gasteiger partial charge is 0.497 e. The molecule has 0 aliphatic rings. The second-order valence-electron chi connectivity index (χ2n) is 8.79. The minimum Gasteiger partial charge on any atom is -0.497 e. The lowest BCUT2D eigenvalue weighted by Gasteiger charge is -2.11. The van der Waals surface area contributed by atoms with Crippen molar-refractivity contribution in [1.82, 2.24) is 4.98 Å².